The molecule has 7 heteroatoms. The molecule has 0 spiro atoms. The molecule has 1 atom stereocenters. The third kappa shape index (κ3) is 4.27. The second-order valence-electron chi connectivity index (χ2n) is 6.91. The number of benzene rings is 1. The first-order valence-electron chi connectivity index (χ1n) is 8.88. The summed E-state index contributed by atoms with van der Waals surface area (Å²) in [4.78, 5) is 3.94. The molecule has 1 saturated carbocycles. The highest BCUT2D eigenvalue weighted by molar-refractivity contribution is 7.89. The second-order valence-corrected chi connectivity index (χ2v) is 8.98. The Bertz CT molecular complexity index is 766. The van der Waals surface area contributed by atoms with Crippen LogP contribution in [-0.4, -0.2) is 40.3 Å². The molecular weight excluding hydrogens is 336 g/mol. The Labute approximate surface area is 149 Å². The summed E-state index contributed by atoms with van der Waals surface area (Å²) in [7, 11) is -1.57. The molecular formula is C18H26N4O2S. The highest BCUT2D eigenvalue weighted by Gasteiger charge is 2.28. The zero-order chi connectivity index (χ0) is 17.9. The van der Waals surface area contributed by atoms with Gasteiger partial charge >= 0.3 is 0 Å². The zero-order valence-corrected chi connectivity index (χ0v) is 15.7. The fraction of sp³-hybridized carbons (Fsp3) is 0.556. The van der Waals surface area contributed by atoms with E-state index >= 15 is 0 Å². The van der Waals surface area contributed by atoms with Gasteiger partial charge in [-0.05, 0) is 43.4 Å². The van der Waals surface area contributed by atoms with Crippen molar-refractivity contribution in [2.24, 2.45) is 5.92 Å². The van der Waals surface area contributed by atoms with Gasteiger partial charge in [-0.3, -0.25) is 0 Å². The summed E-state index contributed by atoms with van der Waals surface area (Å²) >= 11 is 0. The van der Waals surface area contributed by atoms with Crippen molar-refractivity contribution in [3.05, 3.63) is 42.5 Å². The number of hydrogen-bond acceptors (Lipinski definition) is 4. The molecule has 0 unspecified atom stereocenters. The lowest BCUT2D eigenvalue weighted by atomic mass is 9.91. The van der Waals surface area contributed by atoms with E-state index in [1.807, 2.05) is 31.2 Å². The third-order valence-electron chi connectivity index (χ3n) is 5.21. The van der Waals surface area contributed by atoms with E-state index in [0.29, 0.717) is 5.92 Å². The van der Waals surface area contributed by atoms with Gasteiger partial charge in [0.25, 0.3) is 0 Å². The van der Waals surface area contributed by atoms with Gasteiger partial charge in [-0.1, -0.05) is 31.4 Å². The Hall–Kier alpha value is -1.73. The summed E-state index contributed by atoms with van der Waals surface area (Å²) in [6, 6.07) is 7.57. The molecule has 1 heterocycles. The standard InChI is InChI=1S/C18H26N4O2S/c1-15(17-8-10-18(11-9-17)22-14-19-13-20-22)21(2)25(23,24)12-16-6-4-3-5-7-16/h8-11,13-16H,3-7,12H2,1-2H3/t15-/m0/s1. The van der Waals surface area contributed by atoms with Crippen LogP contribution in [0.2, 0.25) is 0 Å². The molecule has 1 aliphatic carbocycles. The van der Waals surface area contributed by atoms with Gasteiger partial charge in [-0.2, -0.15) is 9.40 Å². The molecule has 2 aromatic rings. The van der Waals surface area contributed by atoms with Crippen molar-refractivity contribution in [2.45, 2.75) is 45.1 Å². The van der Waals surface area contributed by atoms with Gasteiger partial charge in [0.2, 0.25) is 10.0 Å². The van der Waals surface area contributed by atoms with Crippen LogP contribution in [0.1, 0.15) is 50.6 Å². The molecule has 1 aromatic heterocycles. The van der Waals surface area contributed by atoms with E-state index in [2.05, 4.69) is 10.1 Å². The van der Waals surface area contributed by atoms with Gasteiger partial charge < -0.3 is 0 Å². The molecule has 1 fully saturated rings. The van der Waals surface area contributed by atoms with E-state index in [9.17, 15) is 8.42 Å². The minimum atomic E-state index is -3.25. The van der Waals surface area contributed by atoms with Crippen LogP contribution in [0.5, 0.6) is 0 Å². The Morgan fingerprint density at radius 2 is 1.88 bits per heavy atom. The number of nitrogens with zero attached hydrogens (tertiary/aromatic N) is 4. The van der Waals surface area contributed by atoms with Crippen LogP contribution in [0.25, 0.3) is 5.69 Å². The Balaban J connectivity index is 1.69. The number of aromatic nitrogens is 3. The van der Waals surface area contributed by atoms with Gasteiger partial charge in [0.05, 0.1) is 11.4 Å². The normalized spacial score (nSPS) is 17.7. The Morgan fingerprint density at radius 3 is 2.48 bits per heavy atom. The van der Waals surface area contributed by atoms with Crippen LogP contribution in [-0.2, 0) is 10.0 Å². The zero-order valence-electron chi connectivity index (χ0n) is 14.9. The quantitative estimate of drug-likeness (QED) is 0.791. The van der Waals surface area contributed by atoms with E-state index < -0.39 is 10.0 Å². The van der Waals surface area contributed by atoms with Crippen molar-refractivity contribution in [3.63, 3.8) is 0 Å². The molecule has 0 bridgehead atoms. The molecule has 0 N–H and O–H groups in total. The van der Waals surface area contributed by atoms with E-state index in [0.717, 1.165) is 36.9 Å². The van der Waals surface area contributed by atoms with Crippen molar-refractivity contribution in [1.29, 1.82) is 0 Å². The van der Waals surface area contributed by atoms with Crippen LogP contribution < -0.4 is 0 Å². The third-order valence-corrected chi connectivity index (χ3v) is 7.30. The lowest BCUT2D eigenvalue weighted by molar-refractivity contribution is 0.360. The number of hydrogen-bond donors (Lipinski definition) is 0. The van der Waals surface area contributed by atoms with Crippen LogP contribution in [0.3, 0.4) is 0 Å². The molecule has 0 aliphatic heterocycles. The van der Waals surface area contributed by atoms with E-state index in [1.54, 1.807) is 18.1 Å². The monoisotopic (exact) mass is 362 g/mol. The fourth-order valence-electron chi connectivity index (χ4n) is 3.47. The molecule has 0 amide bonds. The smallest absolute Gasteiger partial charge is 0.214 e. The van der Waals surface area contributed by atoms with Crippen LogP contribution in [0, 0.1) is 5.92 Å². The summed E-state index contributed by atoms with van der Waals surface area (Å²) in [6.07, 6.45) is 8.75. The van der Waals surface area contributed by atoms with E-state index in [4.69, 9.17) is 0 Å². The van der Waals surface area contributed by atoms with Crippen LogP contribution in [0.15, 0.2) is 36.9 Å². The van der Waals surface area contributed by atoms with Gasteiger partial charge in [0.1, 0.15) is 12.7 Å². The van der Waals surface area contributed by atoms with Crippen molar-refractivity contribution in [3.8, 4) is 5.69 Å². The SMILES string of the molecule is C[C@@H](c1ccc(-n2cncn2)cc1)N(C)S(=O)(=O)CC1CCCCC1. The minimum Gasteiger partial charge on any atom is -0.223 e. The van der Waals surface area contributed by atoms with E-state index in [-0.39, 0.29) is 11.8 Å². The predicted molar refractivity (Wildman–Crippen MR) is 97.9 cm³/mol. The number of rotatable bonds is 6. The maximum absolute atomic E-state index is 12.8. The van der Waals surface area contributed by atoms with Crippen molar-refractivity contribution >= 4 is 10.0 Å². The minimum absolute atomic E-state index is 0.196. The van der Waals surface area contributed by atoms with Crippen molar-refractivity contribution in [2.75, 3.05) is 12.8 Å². The van der Waals surface area contributed by atoms with Crippen molar-refractivity contribution in [1.82, 2.24) is 19.1 Å². The molecule has 6 nitrogen and oxygen atoms in total. The van der Waals surface area contributed by atoms with Crippen LogP contribution >= 0.6 is 0 Å². The second kappa shape index (κ2) is 7.66. The van der Waals surface area contributed by atoms with E-state index in [1.165, 1.54) is 17.1 Å². The molecule has 136 valence electrons. The largest absolute Gasteiger partial charge is 0.223 e. The summed E-state index contributed by atoms with van der Waals surface area (Å²) in [5.74, 6) is 0.577. The van der Waals surface area contributed by atoms with Gasteiger partial charge in [0.15, 0.2) is 0 Å². The maximum Gasteiger partial charge on any atom is 0.214 e. The van der Waals surface area contributed by atoms with Gasteiger partial charge in [0, 0.05) is 13.1 Å². The molecule has 0 saturated heterocycles. The van der Waals surface area contributed by atoms with Gasteiger partial charge in [-0.25, -0.2) is 18.1 Å². The van der Waals surface area contributed by atoms with Crippen LogP contribution in [0.4, 0.5) is 0 Å². The maximum atomic E-state index is 12.8. The predicted octanol–water partition coefficient (Wildman–Crippen LogP) is 3.17. The summed E-state index contributed by atoms with van der Waals surface area (Å²) in [6.45, 7) is 1.93. The first-order valence-corrected chi connectivity index (χ1v) is 10.5. The molecule has 0 radical (unpaired) electrons. The van der Waals surface area contributed by atoms with Gasteiger partial charge in [-0.15, -0.1) is 0 Å². The first-order chi connectivity index (χ1) is 12.0. The number of sulfonamides is 1. The Kier molecular flexibility index (Phi) is 5.54. The summed E-state index contributed by atoms with van der Waals surface area (Å²) < 4.78 is 28.7. The molecule has 1 aromatic carbocycles. The first kappa shape index (κ1) is 18.1. The van der Waals surface area contributed by atoms with Crippen molar-refractivity contribution < 1.29 is 8.42 Å². The highest BCUT2D eigenvalue weighted by atomic mass is 32.2. The molecule has 3 rings (SSSR count). The lowest BCUT2D eigenvalue weighted by Gasteiger charge is -2.28. The molecule has 25 heavy (non-hydrogen) atoms. The average molecular weight is 362 g/mol. The topological polar surface area (TPSA) is 68.1 Å². The summed E-state index contributed by atoms with van der Waals surface area (Å²) in [5, 5.41) is 4.10. The molecule has 1 aliphatic rings. The summed E-state index contributed by atoms with van der Waals surface area (Å²) in [5.41, 5.74) is 1.87. The Morgan fingerprint density at radius 1 is 1.20 bits per heavy atom. The fourth-order valence-corrected chi connectivity index (χ4v) is 5.23. The highest BCUT2D eigenvalue weighted by Crippen LogP contribution is 2.28. The lowest BCUT2D eigenvalue weighted by Crippen LogP contribution is -2.34. The average Bonchev–Trinajstić information content (AvgIpc) is 3.16.